The van der Waals surface area contributed by atoms with Gasteiger partial charge in [0.15, 0.2) is 0 Å². The standard InChI is InChI=1S/C21H27N3O2/c1-16-13-17(2)15-20(14-16)24(18(3)25)12-8-21(26)23(4)11-7-19-5-9-22-10-6-19/h5-6,9-10,13-15H,7-8,11-12H2,1-4H3. The van der Waals surface area contributed by atoms with Gasteiger partial charge in [-0.15, -0.1) is 0 Å². The first-order valence-electron chi connectivity index (χ1n) is 8.86. The Balaban J connectivity index is 1.93. The van der Waals surface area contributed by atoms with Gasteiger partial charge in [-0.3, -0.25) is 14.6 Å². The van der Waals surface area contributed by atoms with Crippen molar-refractivity contribution in [2.75, 3.05) is 25.0 Å². The summed E-state index contributed by atoms with van der Waals surface area (Å²) in [4.78, 5) is 31.9. The maximum atomic E-state index is 12.4. The molecule has 0 fully saturated rings. The van der Waals surface area contributed by atoms with E-state index >= 15 is 0 Å². The van der Waals surface area contributed by atoms with Crippen LogP contribution in [0.4, 0.5) is 5.69 Å². The van der Waals surface area contributed by atoms with Crippen LogP contribution in [-0.2, 0) is 16.0 Å². The van der Waals surface area contributed by atoms with E-state index in [9.17, 15) is 9.59 Å². The van der Waals surface area contributed by atoms with Gasteiger partial charge in [-0.25, -0.2) is 0 Å². The summed E-state index contributed by atoms with van der Waals surface area (Å²) in [5, 5.41) is 0. The van der Waals surface area contributed by atoms with Gasteiger partial charge < -0.3 is 9.80 Å². The van der Waals surface area contributed by atoms with Crippen LogP contribution in [-0.4, -0.2) is 41.8 Å². The highest BCUT2D eigenvalue weighted by molar-refractivity contribution is 5.92. The normalized spacial score (nSPS) is 10.5. The van der Waals surface area contributed by atoms with Crippen molar-refractivity contribution in [2.24, 2.45) is 0 Å². The SMILES string of the molecule is CC(=O)N(CCC(=O)N(C)CCc1ccncc1)c1cc(C)cc(C)c1. The van der Waals surface area contributed by atoms with Gasteiger partial charge in [-0.1, -0.05) is 6.07 Å². The Labute approximate surface area is 155 Å². The molecule has 0 aliphatic heterocycles. The summed E-state index contributed by atoms with van der Waals surface area (Å²) in [5.41, 5.74) is 4.21. The predicted octanol–water partition coefficient (Wildman–Crippen LogP) is 3.14. The number of carbonyl (C=O) groups excluding carboxylic acids is 2. The van der Waals surface area contributed by atoms with E-state index in [1.165, 1.54) is 6.92 Å². The molecular formula is C21H27N3O2. The van der Waals surface area contributed by atoms with Crippen LogP contribution in [0.1, 0.15) is 30.0 Å². The van der Waals surface area contributed by atoms with E-state index in [4.69, 9.17) is 0 Å². The lowest BCUT2D eigenvalue weighted by Gasteiger charge is -2.24. The molecule has 2 amide bonds. The lowest BCUT2D eigenvalue weighted by molar-refractivity contribution is -0.129. The fourth-order valence-electron chi connectivity index (χ4n) is 2.94. The summed E-state index contributed by atoms with van der Waals surface area (Å²) < 4.78 is 0. The molecule has 26 heavy (non-hydrogen) atoms. The number of benzene rings is 1. The van der Waals surface area contributed by atoms with Crippen molar-refractivity contribution in [2.45, 2.75) is 33.6 Å². The molecule has 0 bridgehead atoms. The second kappa shape index (κ2) is 9.13. The van der Waals surface area contributed by atoms with Crippen LogP contribution in [0.3, 0.4) is 0 Å². The number of likely N-dealkylation sites (N-methyl/N-ethyl adjacent to an activating group) is 1. The fourth-order valence-corrected chi connectivity index (χ4v) is 2.94. The molecule has 0 unspecified atom stereocenters. The van der Waals surface area contributed by atoms with Crippen LogP contribution in [0.5, 0.6) is 0 Å². The first-order valence-corrected chi connectivity index (χ1v) is 8.86. The first-order chi connectivity index (χ1) is 12.4. The van der Waals surface area contributed by atoms with Gasteiger partial charge in [-0.2, -0.15) is 0 Å². The highest BCUT2D eigenvalue weighted by atomic mass is 16.2. The summed E-state index contributed by atoms with van der Waals surface area (Å²) >= 11 is 0. The summed E-state index contributed by atoms with van der Waals surface area (Å²) in [6.45, 7) is 6.58. The lowest BCUT2D eigenvalue weighted by Crippen LogP contribution is -2.35. The number of nitrogens with zero attached hydrogens (tertiary/aromatic N) is 3. The third-order valence-electron chi connectivity index (χ3n) is 4.36. The lowest BCUT2D eigenvalue weighted by atomic mass is 10.1. The molecule has 2 aromatic rings. The van der Waals surface area contributed by atoms with E-state index in [2.05, 4.69) is 11.1 Å². The quantitative estimate of drug-likeness (QED) is 0.768. The Bertz CT molecular complexity index is 739. The van der Waals surface area contributed by atoms with Crippen LogP contribution in [0.15, 0.2) is 42.7 Å². The molecule has 1 aromatic heterocycles. The van der Waals surface area contributed by atoms with Crippen molar-refractivity contribution in [1.29, 1.82) is 0 Å². The van der Waals surface area contributed by atoms with E-state index in [-0.39, 0.29) is 11.8 Å². The zero-order chi connectivity index (χ0) is 19.1. The molecule has 1 aromatic carbocycles. The average Bonchev–Trinajstić information content (AvgIpc) is 2.59. The Morgan fingerprint density at radius 3 is 2.19 bits per heavy atom. The first kappa shape index (κ1) is 19.6. The predicted molar refractivity (Wildman–Crippen MR) is 104 cm³/mol. The molecule has 0 atom stereocenters. The van der Waals surface area contributed by atoms with E-state index in [1.54, 1.807) is 29.2 Å². The maximum absolute atomic E-state index is 12.4. The Kier molecular flexibility index (Phi) is 6.89. The van der Waals surface area contributed by atoms with E-state index < -0.39 is 0 Å². The van der Waals surface area contributed by atoms with Crippen molar-refractivity contribution in [3.05, 3.63) is 59.4 Å². The molecule has 0 saturated heterocycles. The number of rotatable bonds is 7. The van der Waals surface area contributed by atoms with Crippen LogP contribution in [0.25, 0.3) is 0 Å². The van der Waals surface area contributed by atoms with Crippen LogP contribution in [0.2, 0.25) is 0 Å². The number of hydrogen-bond acceptors (Lipinski definition) is 3. The third-order valence-corrected chi connectivity index (χ3v) is 4.36. The number of aryl methyl sites for hydroxylation is 2. The highest BCUT2D eigenvalue weighted by Gasteiger charge is 2.16. The smallest absolute Gasteiger partial charge is 0.224 e. The zero-order valence-corrected chi connectivity index (χ0v) is 16.0. The molecule has 2 rings (SSSR count). The van der Waals surface area contributed by atoms with Crippen LogP contribution < -0.4 is 4.90 Å². The molecule has 5 nitrogen and oxygen atoms in total. The summed E-state index contributed by atoms with van der Waals surface area (Å²) in [6.07, 6.45) is 4.61. The van der Waals surface area contributed by atoms with Crippen molar-refractivity contribution in [1.82, 2.24) is 9.88 Å². The topological polar surface area (TPSA) is 53.5 Å². The molecule has 0 N–H and O–H groups in total. The molecular weight excluding hydrogens is 326 g/mol. The minimum atomic E-state index is -0.0535. The fraction of sp³-hybridized carbons (Fsp3) is 0.381. The Hall–Kier alpha value is -2.69. The van der Waals surface area contributed by atoms with Gasteiger partial charge in [0.1, 0.15) is 0 Å². The molecule has 0 aliphatic carbocycles. The molecule has 0 radical (unpaired) electrons. The second-order valence-corrected chi connectivity index (χ2v) is 6.69. The summed E-state index contributed by atoms with van der Waals surface area (Å²) in [6, 6.07) is 9.93. The molecule has 0 aliphatic rings. The van der Waals surface area contributed by atoms with E-state index in [0.29, 0.717) is 19.5 Å². The number of amides is 2. The van der Waals surface area contributed by atoms with E-state index in [0.717, 1.165) is 28.8 Å². The van der Waals surface area contributed by atoms with Crippen molar-refractivity contribution >= 4 is 17.5 Å². The summed E-state index contributed by atoms with van der Waals surface area (Å²) in [7, 11) is 1.80. The van der Waals surface area contributed by atoms with Crippen molar-refractivity contribution < 1.29 is 9.59 Å². The van der Waals surface area contributed by atoms with Gasteiger partial charge in [0, 0.05) is 51.6 Å². The van der Waals surface area contributed by atoms with Gasteiger partial charge in [0.25, 0.3) is 0 Å². The maximum Gasteiger partial charge on any atom is 0.224 e. The highest BCUT2D eigenvalue weighted by Crippen LogP contribution is 2.19. The Morgan fingerprint density at radius 2 is 1.62 bits per heavy atom. The number of anilines is 1. The molecule has 138 valence electrons. The number of aromatic nitrogens is 1. The van der Waals surface area contributed by atoms with Gasteiger partial charge in [0.2, 0.25) is 11.8 Å². The Morgan fingerprint density at radius 1 is 1.00 bits per heavy atom. The van der Waals surface area contributed by atoms with Gasteiger partial charge in [-0.05, 0) is 61.2 Å². The van der Waals surface area contributed by atoms with E-state index in [1.807, 2.05) is 38.1 Å². The number of carbonyl (C=O) groups is 2. The minimum Gasteiger partial charge on any atom is -0.345 e. The average molecular weight is 353 g/mol. The van der Waals surface area contributed by atoms with Gasteiger partial charge in [0.05, 0.1) is 0 Å². The minimum absolute atomic E-state index is 0.0367. The molecule has 1 heterocycles. The van der Waals surface area contributed by atoms with Crippen LogP contribution >= 0.6 is 0 Å². The number of hydrogen-bond donors (Lipinski definition) is 0. The zero-order valence-electron chi connectivity index (χ0n) is 16.0. The third kappa shape index (κ3) is 5.69. The monoisotopic (exact) mass is 353 g/mol. The number of pyridine rings is 1. The molecule has 0 saturated carbocycles. The van der Waals surface area contributed by atoms with Gasteiger partial charge >= 0.3 is 0 Å². The van der Waals surface area contributed by atoms with Crippen molar-refractivity contribution in [3.8, 4) is 0 Å². The van der Waals surface area contributed by atoms with Crippen molar-refractivity contribution in [3.63, 3.8) is 0 Å². The summed E-state index contributed by atoms with van der Waals surface area (Å²) in [5.74, 6) is -0.0167. The van der Waals surface area contributed by atoms with Crippen LogP contribution in [0, 0.1) is 13.8 Å². The molecule has 5 heteroatoms. The largest absolute Gasteiger partial charge is 0.345 e. The second-order valence-electron chi connectivity index (χ2n) is 6.69. The molecule has 0 spiro atoms.